The monoisotopic (exact) mass is 396 g/mol. The Kier molecular flexibility index (Phi) is 5.66. The average molecular weight is 396 g/mol. The van der Waals surface area contributed by atoms with E-state index in [0.29, 0.717) is 11.3 Å². The average Bonchev–Trinajstić information content (AvgIpc) is 3.30. The van der Waals surface area contributed by atoms with Gasteiger partial charge >= 0.3 is 0 Å². The summed E-state index contributed by atoms with van der Waals surface area (Å²) in [7, 11) is 0. The van der Waals surface area contributed by atoms with Crippen molar-refractivity contribution >= 4 is 17.5 Å². The Balaban J connectivity index is 1.55. The second-order valence-electron chi connectivity index (χ2n) is 6.65. The van der Waals surface area contributed by atoms with Crippen LogP contribution in [0.2, 0.25) is 0 Å². The van der Waals surface area contributed by atoms with Crippen LogP contribution in [0.3, 0.4) is 0 Å². The number of carbonyl (C=O) groups excluding carboxylic acids is 2. The molecule has 4 rings (SSSR count). The van der Waals surface area contributed by atoms with Crippen molar-refractivity contribution in [3.63, 3.8) is 0 Å². The van der Waals surface area contributed by atoms with Gasteiger partial charge in [-0.15, -0.1) is 0 Å². The van der Waals surface area contributed by atoms with Gasteiger partial charge in [0.1, 0.15) is 6.04 Å². The summed E-state index contributed by atoms with van der Waals surface area (Å²) in [5, 5.41) is 10.0. The molecular weight excluding hydrogens is 376 g/mol. The van der Waals surface area contributed by atoms with Crippen LogP contribution in [0, 0.1) is 0 Å². The Morgan fingerprint density at radius 2 is 1.37 bits per heavy atom. The number of hydrogen-bond acceptors (Lipinski definition) is 3. The van der Waals surface area contributed by atoms with E-state index >= 15 is 0 Å². The molecule has 0 saturated heterocycles. The molecule has 0 aliphatic rings. The van der Waals surface area contributed by atoms with Crippen molar-refractivity contribution < 1.29 is 9.59 Å². The molecule has 2 amide bonds. The van der Waals surface area contributed by atoms with Gasteiger partial charge in [-0.25, -0.2) is 4.68 Å². The second-order valence-corrected chi connectivity index (χ2v) is 6.65. The number of aromatic nitrogens is 2. The SMILES string of the molecule is O=C(NC(C(=O)Nc1ccccc1)c1ccccc1)c1ccn(-c2ccccc2)n1. The Morgan fingerprint density at radius 1 is 0.767 bits per heavy atom. The fraction of sp³-hybridized carbons (Fsp3) is 0.0417. The van der Waals surface area contributed by atoms with Crippen LogP contribution in [-0.4, -0.2) is 21.6 Å². The largest absolute Gasteiger partial charge is 0.335 e. The third-order valence-corrected chi connectivity index (χ3v) is 4.55. The highest BCUT2D eigenvalue weighted by atomic mass is 16.2. The molecule has 0 saturated carbocycles. The number of nitrogens with one attached hydrogen (secondary N) is 2. The molecule has 1 heterocycles. The molecule has 0 aliphatic heterocycles. The highest BCUT2D eigenvalue weighted by molar-refractivity contribution is 6.00. The van der Waals surface area contributed by atoms with E-state index in [2.05, 4.69) is 15.7 Å². The summed E-state index contributed by atoms with van der Waals surface area (Å²) in [4.78, 5) is 25.8. The summed E-state index contributed by atoms with van der Waals surface area (Å²) in [6, 6.07) is 28.5. The van der Waals surface area contributed by atoms with Gasteiger partial charge in [0.05, 0.1) is 5.69 Å². The molecule has 1 aromatic heterocycles. The molecule has 0 bridgehead atoms. The van der Waals surface area contributed by atoms with E-state index < -0.39 is 11.9 Å². The van der Waals surface area contributed by atoms with E-state index in [9.17, 15) is 9.59 Å². The number of benzene rings is 3. The number of amides is 2. The first kappa shape index (κ1) is 19.1. The molecule has 0 radical (unpaired) electrons. The van der Waals surface area contributed by atoms with Crippen molar-refractivity contribution in [2.75, 3.05) is 5.32 Å². The highest BCUT2D eigenvalue weighted by Crippen LogP contribution is 2.17. The predicted molar refractivity (Wildman–Crippen MR) is 115 cm³/mol. The molecular formula is C24H20N4O2. The van der Waals surface area contributed by atoms with Gasteiger partial charge < -0.3 is 10.6 Å². The van der Waals surface area contributed by atoms with Crippen LogP contribution < -0.4 is 10.6 Å². The van der Waals surface area contributed by atoms with E-state index in [0.717, 1.165) is 5.69 Å². The number of anilines is 1. The molecule has 2 N–H and O–H groups in total. The smallest absolute Gasteiger partial charge is 0.272 e. The third kappa shape index (κ3) is 4.44. The van der Waals surface area contributed by atoms with Gasteiger partial charge in [0.2, 0.25) is 0 Å². The van der Waals surface area contributed by atoms with Crippen molar-refractivity contribution in [2.45, 2.75) is 6.04 Å². The minimum absolute atomic E-state index is 0.229. The predicted octanol–water partition coefficient (Wildman–Crippen LogP) is 3.98. The summed E-state index contributed by atoms with van der Waals surface area (Å²) in [5.74, 6) is -0.759. The van der Waals surface area contributed by atoms with Gasteiger partial charge in [0.25, 0.3) is 11.8 Å². The van der Waals surface area contributed by atoms with Crippen molar-refractivity contribution in [2.24, 2.45) is 0 Å². The molecule has 0 spiro atoms. The molecule has 1 atom stereocenters. The zero-order chi connectivity index (χ0) is 20.8. The lowest BCUT2D eigenvalue weighted by Crippen LogP contribution is -2.37. The van der Waals surface area contributed by atoms with Crippen molar-refractivity contribution in [3.05, 3.63) is 115 Å². The van der Waals surface area contributed by atoms with E-state index in [1.165, 1.54) is 0 Å². The zero-order valence-electron chi connectivity index (χ0n) is 16.1. The lowest BCUT2D eigenvalue weighted by molar-refractivity contribution is -0.118. The van der Waals surface area contributed by atoms with Crippen LogP contribution in [0.1, 0.15) is 22.1 Å². The Hall–Kier alpha value is -4.19. The standard InChI is InChI=1S/C24H20N4O2/c29-23(21-16-17-28(27-21)20-14-8-3-9-15-20)26-22(18-10-4-1-5-11-18)24(30)25-19-12-6-2-7-13-19/h1-17,22H,(H,25,30)(H,26,29). The third-order valence-electron chi connectivity index (χ3n) is 4.55. The van der Waals surface area contributed by atoms with Crippen LogP contribution in [-0.2, 0) is 4.79 Å². The van der Waals surface area contributed by atoms with Crippen molar-refractivity contribution in [3.8, 4) is 5.69 Å². The zero-order valence-corrected chi connectivity index (χ0v) is 16.1. The molecule has 4 aromatic rings. The van der Waals surface area contributed by atoms with Crippen molar-refractivity contribution in [1.29, 1.82) is 0 Å². The first-order valence-corrected chi connectivity index (χ1v) is 9.53. The molecule has 1 unspecified atom stereocenters. The van der Waals surface area contributed by atoms with E-state index in [1.807, 2.05) is 66.7 Å². The summed E-state index contributed by atoms with van der Waals surface area (Å²) in [6.07, 6.45) is 1.71. The first-order chi connectivity index (χ1) is 14.7. The lowest BCUT2D eigenvalue weighted by atomic mass is 10.1. The Labute approximate surface area is 174 Å². The fourth-order valence-corrected chi connectivity index (χ4v) is 3.06. The Morgan fingerprint density at radius 3 is 2.03 bits per heavy atom. The van der Waals surface area contributed by atoms with Crippen LogP contribution in [0.25, 0.3) is 5.69 Å². The van der Waals surface area contributed by atoms with Gasteiger partial charge in [-0.05, 0) is 35.9 Å². The quantitative estimate of drug-likeness (QED) is 0.518. The number of hydrogen-bond donors (Lipinski definition) is 2. The molecule has 3 aromatic carbocycles. The van der Waals surface area contributed by atoms with Crippen LogP contribution >= 0.6 is 0 Å². The van der Waals surface area contributed by atoms with Crippen LogP contribution in [0.15, 0.2) is 103 Å². The fourth-order valence-electron chi connectivity index (χ4n) is 3.06. The van der Waals surface area contributed by atoms with E-state index in [1.54, 1.807) is 41.2 Å². The Bertz CT molecular complexity index is 1130. The number of para-hydroxylation sites is 2. The lowest BCUT2D eigenvalue weighted by Gasteiger charge is -2.18. The summed E-state index contributed by atoms with van der Waals surface area (Å²) in [6.45, 7) is 0. The maximum absolute atomic E-state index is 13.0. The normalized spacial score (nSPS) is 11.5. The maximum Gasteiger partial charge on any atom is 0.272 e. The molecule has 0 aliphatic carbocycles. The van der Waals surface area contributed by atoms with E-state index in [-0.39, 0.29) is 11.6 Å². The minimum atomic E-state index is -0.860. The molecule has 30 heavy (non-hydrogen) atoms. The van der Waals surface area contributed by atoms with E-state index in [4.69, 9.17) is 0 Å². The van der Waals surface area contributed by atoms with Gasteiger partial charge in [0, 0.05) is 11.9 Å². The molecule has 6 heteroatoms. The van der Waals surface area contributed by atoms with Gasteiger partial charge in [-0.2, -0.15) is 5.10 Å². The van der Waals surface area contributed by atoms with Crippen LogP contribution in [0.5, 0.6) is 0 Å². The van der Waals surface area contributed by atoms with Gasteiger partial charge in [-0.1, -0.05) is 66.7 Å². The minimum Gasteiger partial charge on any atom is -0.335 e. The molecule has 148 valence electrons. The van der Waals surface area contributed by atoms with Crippen molar-refractivity contribution in [1.82, 2.24) is 15.1 Å². The molecule has 6 nitrogen and oxygen atoms in total. The topological polar surface area (TPSA) is 76.0 Å². The highest BCUT2D eigenvalue weighted by Gasteiger charge is 2.24. The maximum atomic E-state index is 13.0. The van der Waals surface area contributed by atoms with Gasteiger partial charge in [0.15, 0.2) is 5.69 Å². The number of nitrogens with zero attached hydrogens (tertiary/aromatic N) is 2. The molecule has 0 fully saturated rings. The first-order valence-electron chi connectivity index (χ1n) is 9.53. The second kappa shape index (κ2) is 8.87. The summed E-state index contributed by atoms with van der Waals surface area (Å²) >= 11 is 0. The van der Waals surface area contributed by atoms with Crippen LogP contribution in [0.4, 0.5) is 5.69 Å². The van der Waals surface area contributed by atoms with Gasteiger partial charge in [-0.3, -0.25) is 9.59 Å². The number of rotatable bonds is 6. The summed E-state index contributed by atoms with van der Waals surface area (Å²) in [5.41, 5.74) is 2.41. The summed E-state index contributed by atoms with van der Waals surface area (Å²) < 4.78 is 1.62. The number of carbonyl (C=O) groups is 2.